The summed E-state index contributed by atoms with van der Waals surface area (Å²) in [7, 11) is 0. The van der Waals surface area contributed by atoms with E-state index < -0.39 is 0 Å². The maximum absolute atomic E-state index is 11.7. The number of benzene rings is 1. The SMILES string of the molecule is CCCCOC(=O)c1ccc(O)cc1CC. The number of aromatic hydroxyl groups is 1. The van der Waals surface area contributed by atoms with Gasteiger partial charge in [-0.3, -0.25) is 0 Å². The molecule has 16 heavy (non-hydrogen) atoms. The predicted octanol–water partition coefficient (Wildman–Crippen LogP) is 2.91. The average Bonchev–Trinajstić information content (AvgIpc) is 2.29. The van der Waals surface area contributed by atoms with Crippen LogP contribution in [0.5, 0.6) is 5.75 Å². The van der Waals surface area contributed by atoms with Gasteiger partial charge in [-0.25, -0.2) is 4.79 Å². The summed E-state index contributed by atoms with van der Waals surface area (Å²) in [5, 5.41) is 9.31. The fourth-order valence-corrected chi connectivity index (χ4v) is 1.46. The van der Waals surface area contributed by atoms with Gasteiger partial charge in [-0.05, 0) is 36.6 Å². The molecule has 0 bridgehead atoms. The van der Waals surface area contributed by atoms with Crippen molar-refractivity contribution in [2.75, 3.05) is 6.61 Å². The Morgan fingerprint density at radius 1 is 1.38 bits per heavy atom. The van der Waals surface area contributed by atoms with Gasteiger partial charge < -0.3 is 9.84 Å². The van der Waals surface area contributed by atoms with Gasteiger partial charge in [0.1, 0.15) is 5.75 Å². The van der Waals surface area contributed by atoms with E-state index in [1.165, 1.54) is 6.07 Å². The van der Waals surface area contributed by atoms with Crippen molar-refractivity contribution in [1.29, 1.82) is 0 Å². The van der Waals surface area contributed by atoms with E-state index >= 15 is 0 Å². The van der Waals surface area contributed by atoms with E-state index in [1.54, 1.807) is 12.1 Å². The van der Waals surface area contributed by atoms with Gasteiger partial charge in [-0.2, -0.15) is 0 Å². The number of aryl methyl sites for hydroxylation is 1. The van der Waals surface area contributed by atoms with Crippen LogP contribution in [0.3, 0.4) is 0 Å². The van der Waals surface area contributed by atoms with Crippen LogP contribution < -0.4 is 0 Å². The van der Waals surface area contributed by atoms with E-state index in [1.807, 2.05) is 13.8 Å². The zero-order valence-electron chi connectivity index (χ0n) is 9.82. The molecule has 88 valence electrons. The van der Waals surface area contributed by atoms with Gasteiger partial charge in [0.05, 0.1) is 12.2 Å². The standard InChI is InChI=1S/C13H18O3/c1-3-5-8-16-13(15)12-7-6-11(14)9-10(12)4-2/h6-7,9,14H,3-5,8H2,1-2H3. The number of phenolic OH excluding ortho intramolecular Hbond substituents is 1. The van der Waals surface area contributed by atoms with Gasteiger partial charge in [0.25, 0.3) is 0 Å². The lowest BCUT2D eigenvalue weighted by Crippen LogP contribution is -2.08. The first-order chi connectivity index (χ1) is 7.69. The molecule has 0 atom stereocenters. The number of hydrogen-bond acceptors (Lipinski definition) is 3. The highest BCUT2D eigenvalue weighted by Gasteiger charge is 2.11. The number of unbranched alkanes of at least 4 members (excludes halogenated alkanes) is 1. The Labute approximate surface area is 96.1 Å². The molecule has 3 nitrogen and oxygen atoms in total. The minimum Gasteiger partial charge on any atom is -0.508 e. The molecule has 0 amide bonds. The summed E-state index contributed by atoms with van der Waals surface area (Å²) in [5.41, 5.74) is 1.37. The molecule has 1 aromatic rings. The minimum atomic E-state index is -0.301. The molecule has 0 aliphatic heterocycles. The summed E-state index contributed by atoms with van der Waals surface area (Å²) in [6.45, 7) is 4.45. The summed E-state index contributed by atoms with van der Waals surface area (Å²) in [6.07, 6.45) is 2.58. The van der Waals surface area contributed by atoms with E-state index in [0.717, 1.165) is 18.4 Å². The Kier molecular flexibility index (Phi) is 4.83. The quantitative estimate of drug-likeness (QED) is 0.615. The Morgan fingerprint density at radius 3 is 2.75 bits per heavy atom. The summed E-state index contributed by atoms with van der Waals surface area (Å²) >= 11 is 0. The predicted molar refractivity (Wildman–Crippen MR) is 62.7 cm³/mol. The van der Waals surface area contributed by atoms with Crippen LogP contribution in [0.4, 0.5) is 0 Å². The number of ether oxygens (including phenoxy) is 1. The third-order valence-corrected chi connectivity index (χ3v) is 2.42. The largest absolute Gasteiger partial charge is 0.508 e. The lowest BCUT2D eigenvalue weighted by atomic mass is 10.1. The van der Waals surface area contributed by atoms with E-state index in [4.69, 9.17) is 4.74 Å². The van der Waals surface area contributed by atoms with E-state index in [-0.39, 0.29) is 11.7 Å². The molecule has 1 rings (SSSR count). The van der Waals surface area contributed by atoms with E-state index in [9.17, 15) is 9.90 Å². The molecule has 0 saturated carbocycles. The van der Waals surface area contributed by atoms with Crippen LogP contribution >= 0.6 is 0 Å². The molecule has 0 spiro atoms. The molecule has 1 aromatic carbocycles. The first kappa shape index (κ1) is 12.6. The van der Waals surface area contributed by atoms with E-state index in [0.29, 0.717) is 18.6 Å². The van der Waals surface area contributed by atoms with Crippen LogP contribution in [0, 0.1) is 0 Å². The molecule has 3 heteroatoms. The molecule has 0 unspecified atom stereocenters. The minimum absolute atomic E-state index is 0.182. The molecule has 0 aromatic heterocycles. The number of rotatable bonds is 5. The summed E-state index contributed by atoms with van der Waals surface area (Å²) in [5.74, 6) is -0.118. The maximum Gasteiger partial charge on any atom is 0.338 e. The van der Waals surface area contributed by atoms with Crippen LogP contribution in [-0.2, 0) is 11.2 Å². The molecule has 0 fully saturated rings. The van der Waals surface area contributed by atoms with Crippen molar-refractivity contribution in [1.82, 2.24) is 0 Å². The first-order valence-electron chi connectivity index (χ1n) is 5.68. The second kappa shape index (κ2) is 6.16. The number of carbonyl (C=O) groups excluding carboxylic acids is 1. The topological polar surface area (TPSA) is 46.5 Å². The number of esters is 1. The van der Waals surface area contributed by atoms with Gasteiger partial charge in [-0.15, -0.1) is 0 Å². The van der Waals surface area contributed by atoms with Crippen molar-refractivity contribution in [3.05, 3.63) is 29.3 Å². The second-order valence-corrected chi connectivity index (χ2v) is 3.68. The molecule has 0 aliphatic carbocycles. The Hall–Kier alpha value is -1.51. The van der Waals surface area contributed by atoms with Crippen LogP contribution in [0.25, 0.3) is 0 Å². The number of phenols is 1. The highest BCUT2D eigenvalue weighted by Crippen LogP contribution is 2.18. The molecule has 0 aliphatic rings. The smallest absolute Gasteiger partial charge is 0.338 e. The van der Waals surface area contributed by atoms with Crippen LogP contribution in [0.2, 0.25) is 0 Å². The van der Waals surface area contributed by atoms with Gasteiger partial charge in [0.15, 0.2) is 0 Å². The first-order valence-corrected chi connectivity index (χ1v) is 5.68. The van der Waals surface area contributed by atoms with Gasteiger partial charge >= 0.3 is 5.97 Å². The maximum atomic E-state index is 11.7. The third-order valence-electron chi connectivity index (χ3n) is 2.42. The molecule has 0 radical (unpaired) electrons. The fourth-order valence-electron chi connectivity index (χ4n) is 1.46. The number of carbonyl (C=O) groups is 1. The highest BCUT2D eigenvalue weighted by molar-refractivity contribution is 5.91. The van der Waals surface area contributed by atoms with Gasteiger partial charge in [0.2, 0.25) is 0 Å². The summed E-state index contributed by atoms with van der Waals surface area (Å²) in [4.78, 5) is 11.7. The molecular formula is C13H18O3. The van der Waals surface area contributed by atoms with Crippen molar-refractivity contribution in [2.24, 2.45) is 0 Å². The zero-order valence-corrected chi connectivity index (χ0v) is 9.82. The Balaban J connectivity index is 2.74. The average molecular weight is 222 g/mol. The molecule has 0 saturated heterocycles. The number of hydrogen-bond donors (Lipinski definition) is 1. The van der Waals surface area contributed by atoms with Crippen molar-refractivity contribution < 1.29 is 14.6 Å². The molecule has 0 heterocycles. The Bertz CT molecular complexity index is 358. The van der Waals surface area contributed by atoms with Crippen LogP contribution in [-0.4, -0.2) is 17.7 Å². The highest BCUT2D eigenvalue weighted by atomic mass is 16.5. The second-order valence-electron chi connectivity index (χ2n) is 3.68. The molecular weight excluding hydrogens is 204 g/mol. The van der Waals surface area contributed by atoms with E-state index in [2.05, 4.69) is 0 Å². The Morgan fingerprint density at radius 2 is 2.12 bits per heavy atom. The monoisotopic (exact) mass is 222 g/mol. The fraction of sp³-hybridized carbons (Fsp3) is 0.462. The van der Waals surface area contributed by atoms with Gasteiger partial charge in [0, 0.05) is 0 Å². The third kappa shape index (κ3) is 3.26. The van der Waals surface area contributed by atoms with Gasteiger partial charge in [-0.1, -0.05) is 20.3 Å². The zero-order chi connectivity index (χ0) is 12.0. The van der Waals surface area contributed by atoms with Crippen LogP contribution in [0.15, 0.2) is 18.2 Å². The van der Waals surface area contributed by atoms with Crippen molar-refractivity contribution in [2.45, 2.75) is 33.1 Å². The summed E-state index contributed by atoms with van der Waals surface area (Å²) in [6, 6.07) is 4.73. The molecule has 1 N–H and O–H groups in total. The van der Waals surface area contributed by atoms with Crippen molar-refractivity contribution in [3.63, 3.8) is 0 Å². The van der Waals surface area contributed by atoms with Crippen molar-refractivity contribution in [3.8, 4) is 5.75 Å². The van der Waals surface area contributed by atoms with Crippen LogP contribution in [0.1, 0.15) is 42.6 Å². The summed E-state index contributed by atoms with van der Waals surface area (Å²) < 4.78 is 5.13. The van der Waals surface area contributed by atoms with Crippen molar-refractivity contribution >= 4 is 5.97 Å². The lowest BCUT2D eigenvalue weighted by molar-refractivity contribution is 0.0498. The lowest BCUT2D eigenvalue weighted by Gasteiger charge is -2.08. The normalized spacial score (nSPS) is 10.1.